The first-order valence-corrected chi connectivity index (χ1v) is 16.6. The van der Waals surface area contributed by atoms with E-state index in [1.807, 2.05) is 50.2 Å². The number of fused-ring (bicyclic) bond motifs is 1. The van der Waals surface area contributed by atoms with Gasteiger partial charge in [-0.15, -0.1) is 0 Å². The lowest BCUT2D eigenvalue weighted by molar-refractivity contribution is -0.384. The molecule has 1 atom stereocenters. The van der Waals surface area contributed by atoms with E-state index in [9.17, 15) is 19.7 Å². The number of carbonyl (C=O) groups excluding carboxylic acids is 1. The quantitative estimate of drug-likeness (QED) is 0.0824. The third-order valence-electron chi connectivity index (χ3n) is 7.18. The summed E-state index contributed by atoms with van der Waals surface area (Å²) >= 11 is 3.35. The van der Waals surface area contributed by atoms with Crippen LogP contribution in [0.4, 0.5) is 5.69 Å². The molecule has 1 aliphatic rings. The molecule has 0 aliphatic carbocycles. The van der Waals surface area contributed by atoms with Gasteiger partial charge in [-0.25, -0.2) is 9.79 Å². The van der Waals surface area contributed by atoms with E-state index < -0.39 is 16.9 Å². The van der Waals surface area contributed by atoms with E-state index in [0.717, 1.165) is 3.57 Å². The molecule has 0 spiro atoms. The molecule has 0 saturated heterocycles. The summed E-state index contributed by atoms with van der Waals surface area (Å²) in [4.78, 5) is 43.4. The van der Waals surface area contributed by atoms with Crippen molar-refractivity contribution in [3.05, 3.63) is 122 Å². The molecule has 0 amide bonds. The minimum Gasteiger partial charge on any atom is -0.493 e. The number of hydrogen-bond acceptors (Lipinski definition) is 10. The molecule has 5 rings (SSSR count). The fourth-order valence-corrected chi connectivity index (χ4v) is 6.82. The van der Waals surface area contributed by atoms with Gasteiger partial charge in [0.15, 0.2) is 16.3 Å². The van der Waals surface area contributed by atoms with Crippen molar-refractivity contribution in [2.24, 2.45) is 4.99 Å². The van der Waals surface area contributed by atoms with Crippen LogP contribution in [0.2, 0.25) is 0 Å². The van der Waals surface area contributed by atoms with Crippen LogP contribution in [0, 0.1) is 13.7 Å². The van der Waals surface area contributed by atoms with Crippen LogP contribution in [0.15, 0.2) is 81.7 Å². The topological polar surface area (TPSA) is 131 Å². The first-order chi connectivity index (χ1) is 22.5. The van der Waals surface area contributed by atoms with Crippen molar-refractivity contribution in [1.29, 1.82) is 0 Å². The number of methoxy groups -OCH3 is 1. The summed E-state index contributed by atoms with van der Waals surface area (Å²) in [5, 5.41) is 11.1. The van der Waals surface area contributed by atoms with Crippen molar-refractivity contribution in [3.8, 4) is 17.2 Å². The third kappa shape index (κ3) is 7.25. The van der Waals surface area contributed by atoms with Gasteiger partial charge < -0.3 is 18.9 Å². The van der Waals surface area contributed by atoms with Gasteiger partial charge in [-0.3, -0.25) is 19.5 Å². The largest absolute Gasteiger partial charge is 0.493 e. The van der Waals surface area contributed by atoms with Gasteiger partial charge in [-0.05, 0) is 92.3 Å². The Morgan fingerprint density at radius 3 is 2.53 bits per heavy atom. The number of aromatic nitrogens is 1. The standard InChI is InChI=1S/C34H32IN3O8S/c1-6-44-33(40)29-20(4)36-34-37(30(29)25-9-7-8-10-26(25)46-19(2)3)32(39)28(47-34)16-22-15-23(35)17-27(43-5)31(22)45-18-21-11-13-24(14-12-21)38(41)42/h7-17,19,30H,6,18H2,1-5H3/b28-16-/t30-/m0/s1. The van der Waals surface area contributed by atoms with Crippen molar-refractivity contribution < 1.29 is 28.7 Å². The average Bonchev–Trinajstić information content (AvgIpc) is 3.33. The van der Waals surface area contributed by atoms with Gasteiger partial charge >= 0.3 is 5.97 Å². The zero-order valence-corrected chi connectivity index (χ0v) is 29.3. The molecule has 0 fully saturated rings. The van der Waals surface area contributed by atoms with Gasteiger partial charge in [0.25, 0.3) is 11.2 Å². The van der Waals surface area contributed by atoms with Gasteiger partial charge in [0, 0.05) is 26.8 Å². The molecule has 0 saturated carbocycles. The van der Waals surface area contributed by atoms with Crippen LogP contribution in [-0.2, 0) is 16.1 Å². The van der Waals surface area contributed by atoms with Crippen molar-refractivity contribution >= 4 is 51.7 Å². The normalized spacial score (nSPS) is 14.4. The van der Waals surface area contributed by atoms with E-state index in [1.165, 1.54) is 35.1 Å². The maximum atomic E-state index is 14.3. The number of rotatable bonds is 11. The van der Waals surface area contributed by atoms with Crippen molar-refractivity contribution in [2.75, 3.05) is 13.7 Å². The number of non-ortho nitro benzene ring substituents is 1. The first-order valence-electron chi connectivity index (χ1n) is 14.7. The Bertz CT molecular complexity index is 2050. The lowest BCUT2D eigenvalue weighted by Crippen LogP contribution is -2.40. The van der Waals surface area contributed by atoms with Gasteiger partial charge in [0.2, 0.25) is 0 Å². The zero-order valence-electron chi connectivity index (χ0n) is 26.3. The van der Waals surface area contributed by atoms with E-state index in [4.69, 9.17) is 18.9 Å². The number of halogens is 1. The Morgan fingerprint density at radius 2 is 1.87 bits per heavy atom. The van der Waals surface area contributed by atoms with Crippen LogP contribution in [0.5, 0.6) is 17.2 Å². The van der Waals surface area contributed by atoms with Crippen molar-refractivity contribution in [3.63, 3.8) is 0 Å². The molecule has 11 nitrogen and oxygen atoms in total. The second-order valence-electron chi connectivity index (χ2n) is 10.7. The minimum atomic E-state index is -0.842. The fraction of sp³-hybridized carbons (Fsp3) is 0.265. The number of nitro groups is 1. The van der Waals surface area contributed by atoms with E-state index >= 15 is 0 Å². The highest BCUT2D eigenvalue weighted by Gasteiger charge is 2.35. The number of carbonyl (C=O) groups is 1. The Balaban J connectivity index is 1.66. The molecular weight excluding hydrogens is 737 g/mol. The Labute approximate surface area is 288 Å². The Kier molecular flexibility index (Phi) is 10.4. The minimum absolute atomic E-state index is 0.0188. The summed E-state index contributed by atoms with van der Waals surface area (Å²) in [7, 11) is 1.53. The molecule has 47 heavy (non-hydrogen) atoms. The highest BCUT2D eigenvalue weighted by molar-refractivity contribution is 14.1. The molecule has 0 bridgehead atoms. The second kappa shape index (κ2) is 14.5. The molecule has 0 N–H and O–H groups in total. The van der Waals surface area contributed by atoms with E-state index in [2.05, 4.69) is 27.6 Å². The third-order valence-corrected chi connectivity index (χ3v) is 8.78. The van der Waals surface area contributed by atoms with Crippen molar-refractivity contribution in [2.45, 2.75) is 46.4 Å². The number of esters is 1. The lowest BCUT2D eigenvalue weighted by atomic mass is 9.95. The van der Waals surface area contributed by atoms with Gasteiger partial charge in [-0.2, -0.15) is 0 Å². The van der Waals surface area contributed by atoms with Crippen LogP contribution >= 0.6 is 33.9 Å². The second-order valence-corrected chi connectivity index (χ2v) is 13.0. The van der Waals surface area contributed by atoms with Gasteiger partial charge in [0.05, 0.1) is 40.5 Å². The summed E-state index contributed by atoms with van der Waals surface area (Å²) in [5.74, 6) is 0.836. The zero-order chi connectivity index (χ0) is 33.8. The molecule has 244 valence electrons. The number of para-hydroxylation sites is 1. The Morgan fingerprint density at radius 1 is 1.15 bits per heavy atom. The molecule has 3 aromatic carbocycles. The lowest BCUT2D eigenvalue weighted by Gasteiger charge is -2.26. The van der Waals surface area contributed by atoms with Crippen LogP contribution in [0.25, 0.3) is 6.08 Å². The highest BCUT2D eigenvalue weighted by atomic mass is 127. The molecule has 0 radical (unpaired) electrons. The molecule has 1 aliphatic heterocycles. The SMILES string of the molecule is CCOC(=O)C1=C(C)N=c2s/c(=C\c3cc(I)cc(OC)c3OCc3ccc([N+](=O)[O-])cc3)c(=O)n2[C@H]1c1ccccc1OC(C)C. The number of benzene rings is 3. The predicted octanol–water partition coefficient (Wildman–Crippen LogP) is 5.69. The number of hydrogen-bond donors (Lipinski definition) is 0. The number of ether oxygens (including phenoxy) is 4. The molecule has 1 aromatic heterocycles. The molecule has 2 heterocycles. The average molecular weight is 770 g/mol. The van der Waals surface area contributed by atoms with Crippen LogP contribution in [0.3, 0.4) is 0 Å². The summed E-state index contributed by atoms with van der Waals surface area (Å²) in [6.07, 6.45) is 1.57. The molecule has 4 aromatic rings. The molecule has 0 unspecified atom stereocenters. The first kappa shape index (κ1) is 33.9. The predicted molar refractivity (Wildman–Crippen MR) is 186 cm³/mol. The van der Waals surface area contributed by atoms with E-state index in [-0.39, 0.29) is 36.1 Å². The fourth-order valence-electron chi connectivity index (χ4n) is 5.17. The van der Waals surface area contributed by atoms with E-state index in [1.54, 1.807) is 32.1 Å². The summed E-state index contributed by atoms with van der Waals surface area (Å²) < 4.78 is 26.1. The molecule has 13 heteroatoms. The Hall–Kier alpha value is -4.50. The smallest absolute Gasteiger partial charge is 0.338 e. The van der Waals surface area contributed by atoms with Crippen LogP contribution < -0.4 is 29.1 Å². The van der Waals surface area contributed by atoms with Crippen LogP contribution in [0.1, 0.15) is 50.4 Å². The van der Waals surface area contributed by atoms with Gasteiger partial charge in [-0.1, -0.05) is 29.5 Å². The highest BCUT2D eigenvalue weighted by Crippen LogP contribution is 2.37. The van der Waals surface area contributed by atoms with Gasteiger partial charge in [0.1, 0.15) is 18.4 Å². The molecular formula is C34H32IN3O8S. The monoisotopic (exact) mass is 769 g/mol. The number of nitro benzene ring substituents is 1. The van der Waals surface area contributed by atoms with E-state index in [0.29, 0.717) is 49.0 Å². The van der Waals surface area contributed by atoms with Crippen LogP contribution in [-0.4, -0.2) is 35.3 Å². The number of thiazole rings is 1. The summed E-state index contributed by atoms with van der Waals surface area (Å²) in [6, 6.07) is 16.2. The number of allylic oxidation sites excluding steroid dienone is 1. The maximum absolute atomic E-state index is 14.3. The number of nitrogens with zero attached hydrogens (tertiary/aromatic N) is 3. The van der Waals surface area contributed by atoms with Crippen molar-refractivity contribution in [1.82, 2.24) is 4.57 Å². The summed E-state index contributed by atoms with van der Waals surface area (Å²) in [6.45, 7) is 7.54. The summed E-state index contributed by atoms with van der Waals surface area (Å²) in [5.41, 5.74) is 2.26. The maximum Gasteiger partial charge on any atom is 0.338 e.